The standard InChI is InChI=1S/C14H17ClO3/c1-9(2)3-4-12(16)10-7-13-14(8-11(10)15)18-6-5-17-13/h7-9H,3-6H2,1-2H3. The van der Waals surface area contributed by atoms with Crippen LogP contribution in [0.15, 0.2) is 12.1 Å². The molecule has 0 amide bonds. The molecule has 0 spiro atoms. The molecule has 0 saturated carbocycles. The van der Waals surface area contributed by atoms with E-state index in [1.165, 1.54) is 0 Å². The van der Waals surface area contributed by atoms with Crippen molar-refractivity contribution < 1.29 is 14.3 Å². The van der Waals surface area contributed by atoms with Crippen molar-refractivity contribution in [2.75, 3.05) is 13.2 Å². The maximum Gasteiger partial charge on any atom is 0.164 e. The number of benzene rings is 1. The Kier molecular flexibility index (Phi) is 4.12. The van der Waals surface area contributed by atoms with Crippen LogP contribution in [-0.2, 0) is 0 Å². The molecule has 0 N–H and O–H groups in total. The molecule has 1 heterocycles. The van der Waals surface area contributed by atoms with Crippen LogP contribution in [0.1, 0.15) is 37.0 Å². The van der Waals surface area contributed by atoms with Crippen LogP contribution in [0.2, 0.25) is 5.02 Å². The number of hydrogen-bond acceptors (Lipinski definition) is 3. The highest BCUT2D eigenvalue weighted by Crippen LogP contribution is 2.36. The molecule has 98 valence electrons. The van der Waals surface area contributed by atoms with E-state index < -0.39 is 0 Å². The lowest BCUT2D eigenvalue weighted by molar-refractivity contribution is 0.0974. The van der Waals surface area contributed by atoms with Gasteiger partial charge in [-0.25, -0.2) is 0 Å². The summed E-state index contributed by atoms with van der Waals surface area (Å²) in [5.41, 5.74) is 0.529. The number of carbonyl (C=O) groups excluding carboxylic acids is 1. The average Bonchev–Trinajstić information content (AvgIpc) is 2.35. The van der Waals surface area contributed by atoms with E-state index >= 15 is 0 Å². The molecule has 0 aromatic heterocycles. The van der Waals surface area contributed by atoms with Crippen molar-refractivity contribution in [1.82, 2.24) is 0 Å². The van der Waals surface area contributed by atoms with E-state index in [1.807, 2.05) is 0 Å². The Morgan fingerprint density at radius 3 is 2.50 bits per heavy atom. The molecule has 1 aliphatic rings. The lowest BCUT2D eigenvalue weighted by Gasteiger charge is -2.19. The maximum atomic E-state index is 12.1. The first-order valence-corrected chi connectivity index (χ1v) is 6.58. The first-order valence-electron chi connectivity index (χ1n) is 6.20. The summed E-state index contributed by atoms with van der Waals surface area (Å²) in [6.07, 6.45) is 1.38. The molecular formula is C14H17ClO3. The minimum absolute atomic E-state index is 0.0608. The molecule has 0 saturated heterocycles. The summed E-state index contributed by atoms with van der Waals surface area (Å²) < 4.78 is 10.9. The third kappa shape index (κ3) is 2.96. The molecule has 0 atom stereocenters. The SMILES string of the molecule is CC(C)CCC(=O)c1cc2c(cc1Cl)OCCO2. The van der Waals surface area contributed by atoms with Crippen molar-refractivity contribution in [3.05, 3.63) is 22.7 Å². The van der Waals surface area contributed by atoms with E-state index in [4.69, 9.17) is 21.1 Å². The van der Waals surface area contributed by atoms with E-state index in [2.05, 4.69) is 13.8 Å². The van der Waals surface area contributed by atoms with Gasteiger partial charge < -0.3 is 9.47 Å². The van der Waals surface area contributed by atoms with Crippen molar-refractivity contribution in [1.29, 1.82) is 0 Å². The van der Waals surface area contributed by atoms with Gasteiger partial charge in [-0.1, -0.05) is 25.4 Å². The predicted molar refractivity (Wildman–Crippen MR) is 70.8 cm³/mol. The third-order valence-corrected chi connectivity index (χ3v) is 3.19. The number of carbonyl (C=O) groups is 1. The fraction of sp³-hybridized carbons (Fsp3) is 0.500. The van der Waals surface area contributed by atoms with Gasteiger partial charge in [-0.3, -0.25) is 4.79 Å². The van der Waals surface area contributed by atoms with Gasteiger partial charge >= 0.3 is 0 Å². The van der Waals surface area contributed by atoms with Crippen LogP contribution in [-0.4, -0.2) is 19.0 Å². The number of Topliss-reactive ketones (excluding diaryl/α,β-unsaturated/α-hetero) is 1. The van der Waals surface area contributed by atoms with Gasteiger partial charge in [-0.05, 0) is 18.4 Å². The largest absolute Gasteiger partial charge is 0.486 e. The molecule has 0 radical (unpaired) electrons. The highest BCUT2D eigenvalue weighted by Gasteiger charge is 2.18. The second-order valence-corrected chi connectivity index (χ2v) is 5.24. The number of halogens is 1. The van der Waals surface area contributed by atoms with Crippen molar-refractivity contribution in [2.24, 2.45) is 5.92 Å². The number of ether oxygens (including phenoxy) is 2. The molecular weight excluding hydrogens is 252 g/mol. The van der Waals surface area contributed by atoms with Crippen LogP contribution in [0.4, 0.5) is 0 Å². The second-order valence-electron chi connectivity index (χ2n) is 4.83. The monoisotopic (exact) mass is 268 g/mol. The summed E-state index contributed by atoms with van der Waals surface area (Å²) in [6, 6.07) is 3.36. The second kappa shape index (κ2) is 5.61. The summed E-state index contributed by atoms with van der Waals surface area (Å²) in [7, 11) is 0. The highest BCUT2D eigenvalue weighted by molar-refractivity contribution is 6.34. The molecule has 3 nitrogen and oxygen atoms in total. The van der Waals surface area contributed by atoms with E-state index in [0.29, 0.717) is 47.6 Å². The van der Waals surface area contributed by atoms with Gasteiger partial charge in [-0.2, -0.15) is 0 Å². The summed E-state index contributed by atoms with van der Waals surface area (Å²) in [6.45, 7) is 5.22. The Bertz CT molecular complexity index is 455. The zero-order valence-corrected chi connectivity index (χ0v) is 11.4. The van der Waals surface area contributed by atoms with Gasteiger partial charge in [-0.15, -0.1) is 0 Å². The Hall–Kier alpha value is -1.22. The molecule has 1 aromatic rings. The summed E-state index contributed by atoms with van der Waals surface area (Å²) in [5, 5.41) is 0.438. The molecule has 0 unspecified atom stereocenters. The predicted octanol–water partition coefficient (Wildman–Crippen LogP) is 3.73. The van der Waals surface area contributed by atoms with Crippen molar-refractivity contribution in [3.8, 4) is 11.5 Å². The Morgan fingerprint density at radius 1 is 1.28 bits per heavy atom. The summed E-state index contributed by atoms with van der Waals surface area (Å²) in [5.74, 6) is 1.79. The smallest absolute Gasteiger partial charge is 0.164 e. The quantitative estimate of drug-likeness (QED) is 0.781. The Morgan fingerprint density at radius 2 is 1.89 bits per heavy atom. The minimum Gasteiger partial charge on any atom is -0.486 e. The molecule has 1 aromatic carbocycles. The first kappa shape index (κ1) is 13.2. The molecule has 4 heteroatoms. The minimum atomic E-state index is 0.0608. The van der Waals surface area contributed by atoms with Crippen molar-refractivity contribution in [2.45, 2.75) is 26.7 Å². The van der Waals surface area contributed by atoms with Crippen LogP contribution in [0.3, 0.4) is 0 Å². The number of rotatable bonds is 4. The van der Waals surface area contributed by atoms with Gasteiger partial charge in [0.15, 0.2) is 17.3 Å². The molecule has 0 fully saturated rings. The van der Waals surface area contributed by atoms with Gasteiger partial charge in [0.1, 0.15) is 13.2 Å². The van der Waals surface area contributed by atoms with E-state index in [9.17, 15) is 4.79 Å². The maximum absolute atomic E-state index is 12.1. The number of fused-ring (bicyclic) bond motifs is 1. The molecule has 18 heavy (non-hydrogen) atoms. The fourth-order valence-electron chi connectivity index (χ4n) is 1.83. The van der Waals surface area contributed by atoms with E-state index in [0.717, 1.165) is 6.42 Å². The van der Waals surface area contributed by atoms with Gasteiger partial charge in [0.2, 0.25) is 0 Å². The normalized spacial score (nSPS) is 13.8. The summed E-state index contributed by atoms with van der Waals surface area (Å²) >= 11 is 6.11. The number of ketones is 1. The molecule has 2 rings (SSSR count). The first-order chi connectivity index (χ1) is 8.58. The van der Waals surface area contributed by atoms with Crippen molar-refractivity contribution in [3.63, 3.8) is 0 Å². The topological polar surface area (TPSA) is 35.5 Å². The van der Waals surface area contributed by atoms with Crippen molar-refractivity contribution >= 4 is 17.4 Å². The van der Waals surface area contributed by atoms with Gasteiger partial charge in [0.25, 0.3) is 0 Å². The lowest BCUT2D eigenvalue weighted by Crippen LogP contribution is -2.16. The Balaban J connectivity index is 2.19. The Labute approximate surface area is 112 Å². The molecule has 0 aliphatic carbocycles. The van der Waals surface area contributed by atoms with E-state index in [-0.39, 0.29) is 5.78 Å². The van der Waals surface area contributed by atoms with Crippen LogP contribution < -0.4 is 9.47 Å². The molecule has 1 aliphatic heterocycles. The summed E-state index contributed by atoms with van der Waals surface area (Å²) in [4.78, 5) is 12.1. The van der Waals surface area contributed by atoms with Crippen LogP contribution >= 0.6 is 11.6 Å². The molecule has 0 bridgehead atoms. The lowest BCUT2D eigenvalue weighted by atomic mass is 10.0. The van der Waals surface area contributed by atoms with E-state index in [1.54, 1.807) is 12.1 Å². The van der Waals surface area contributed by atoms with Gasteiger partial charge in [0, 0.05) is 18.1 Å². The fourth-order valence-corrected chi connectivity index (χ4v) is 2.09. The van der Waals surface area contributed by atoms with Crippen LogP contribution in [0.25, 0.3) is 0 Å². The zero-order chi connectivity index (χ0) is 13.1. The third-order valence-electron chi connectivity index (χ3n) is 2.88. The van der Waals surface area contributed by atoms with Gasteiger partial charge in [0.05, 0.1) is 5.02 Å². The number of hydrogen-bond donors (Lipinski definition) is 0. The highest BCUT2D eigenvalue weighted by atomic mass is 35.5. The zero-order valence-electron chi connectivity index (χ0n) is 10.7. The van der Waals surface area contributed by atoms with Crippen LogP contribution in [0, 0.1) is 5.92 Å². The average molecular weight is 269 g/mol. The van der Waals surface area contributed by atoms with Crippen LogP contribution in [0.5, 0.6) is 11.5 Å².